The van der Waals surface area contributed by atoms with E-state index in [1.165, 1.54) is 12.1 Å². The molecule has 0 saturated heterocycles. The summed E-state index contributed by atoms with van der Waals surface area (Å²) in [6.07, 6.45) is 0. The van der Waals surface area contributed by atoms with Crippen LogP contribution in [0, 0.1) is 0 Å². The number of nitrogens with zero attached hydrogens (tertiary/aromatic N) is 1. The number of aromatic nitrogens is 1. The largest absolute Gasteiger partial charge is 0.507 e. The maximum absolute atomic E-state index is 9.80. The second-order valence-corrected chi connectivity index (χ2v) is 3.87. The molecule has 0 spiro atoms. The molecule has 0 bridgehead atoms. The molecule has 1 heterocycles. The molecule has 0 aliphatic heterocycles. The van der Waals surface area contributed by atoms with Crippen molar-refractivity contribution in [2.24, 2.45) is 0 Å². The fourth-order valence-corrected chi connectivity index (χ4v) is 2.00. The Hall–Kier alpha value is -2.49. The van der Waals surface area contributed by atoms with Crippen molar-refractivity contribution >= 4 is 27.5 Å². The molecular formula is C13H10N2O2. The van der Waals surface area contributed by atoms with Crippen LogP contribution in [0.1, 0.15) is 0 Å². The Bertz CT molecular complexity index is 738. The number of benzene rings is 2. The van der Waals surface area contributed by atoms with E-state index in [9.17, 15) is 10.2 Å². The molecule has 2 aromatic carbocycles. The molecule has 0 atom stereocenters. The van der Waals surface area contributed by atoms with Crippen LogP contribution in [0.15, 0.2) is 36.4 Å². The first-order valence-electron chi connectivity index (χ1n) is 5.17. The van der Waals surface area contributed by atoms with Gasteiger partial charge in [0.2, 0.25) is 0 Å². The number of pyridine rings is 1. The van der Waals surface area contributed by atoms with Gasteiger partial charge in [0.05, 0.1) is 16.6 Å². The number of phenolic OH excluding ortho intramolecular Hbond substituents is 2. The Labute approximate surface area is 96.9 Å². The lowest BCUT2D eigenvalue weighted by Gasteiger charge is -2.09. The normalized spacial score (nSPS) is 11.1. The maximum atomic E-state index is 9.80. The van der Waals surface area contributed by atoms with Gasteiger partial charge in [-0.25, -0.2) is 4.98 Å². The minimum absolute atomic E-state index is 0.00949. The number of nitrogens with two attached hydrogens (primary N) is 1. The van der Waals surface area contributed by atoms with E-state index in [0.29, 0.717) is 22.1 Å². The van der Waals surface area contributed by atoms with Crippen LogP contribution < -0.4 is 5.73 Å². The summed E-state index contributed by atoms with van der Waals surface area (Å²) in [6, 6.07) is 10.2. The van der Waals surface area contributed by atoms with Crippen molar-refractivity contribution in [1.29, 1.82) is 0 Å². The summed E-state index contributed by atoms with van der Waals surface area (Å²) in [6.45, 7) is 0. The van der Waals surface area contributed by atoms with Crippen LogP contribution in [0.5, 0.6) is 11.5 Å². The van der Waals surface area contributed by atoms with Crippen LogP contribution >= 0.6 is 0 Å². The summed E-state index contributed by atoms with van der Waals surface area (Å²) < 4.78 is 0. The smallest absolute Gasteiger partial charge is 0.142 e. The highest BCUT2D eigenvalue weighted by molar-refractivity contribution is 6.10. The summed E-state index contributed by atoms with van der Waals surface area (Å²) in [5, 5.41) is 20.7. The van der Waals surface area contributed by atoms with Gasteiger partial charge >= 0.3 is 0 Å². The first-order valence-corrected chi connectivity index (χ1v) is 5.17. The zero-order valence-electron chi connectivity index (χ0n) is 8.88. The third-order valence-electron chi connectivity index (χ3n) is 2.83. The van der Waals surface area contributed by atoms with Gasteiger partial charge in [-0.15, -0.1) is 0 Å². The molecule has 0 radical (unpaired) electrons. The number of aromatic hydroxyl groups is 2. The number of nitrogen functional groups attached to an aromatic ring is 1. The summed E-state index contributed by atoms with van der Waals surface area (Å²) in [4.78, 5) is 4.31. The molecule has 4 nitrogen and oxygen atoms in total. The van der Waals surface area contributed by atoms with E-state index in [1.807, 2.05) is 24.3 Å². The Morgan fingerprint density at radius 3 is 2.47 bits per heavy atom. The lowest BCUT2D eigenvalue weighted by Crippen LogP contribution is -1.93. The minimum atomic E-state index is 0.00949. The average Bonchev–Trinajstić information content (AvgIpc) is 2.34. The number of hydrogen-bond acceptors (Lipinski definition) is 4. The number of anilines is 1. The predicted molar refractivity (Wildman–Crippen MR) is 67.0 cm³/mol. The number of phenols is 2. The molecule has 1 aromatic heterocycles. The summed E-state index contributed by atoms with van der Waals surface area (Å²) in [7, 11) is 0. The highest BCUT2D eigenvalue weighted by Crippen LogP contribution is 2.37. The molecule has 0 unspecified atom stereocenters. The summed E-state index contributed by atoms with van der Waals surface area (Å²) in [5.74, 6) is 0.0313. The van der Waals surface area contributed by atoms with Crippen LogP contribution in [0.25, 0.3) is 21.8 Å². The van der Waals surface area contributed by atoms with E-state index >= 15 is 0 Å². The molecule has 4 heteroatoms. The van der Waals surface area contributed by atoms with E-state index in [4.69, 9.17) is 5.73 Å². The van der Waals surface area contributed by atoms with Crippen LogP contribution in [-0.2, 0) is 0 Å². The van der Waals surface area contributed by atoms with Gasteiger partial charge < -0.3 is 15.9 Å². The minimum Gasteiger partial charge on any atom is -0.507 e. The Kier molecular flexibility index (Phi) is 1.86. The first-order chi connectivity index (χ1) is 8.18. The number of para-hydroxylation sites is 1. The Morgan fingerprint density at radius 1 is 0.941 bits per heavy atom. The van der Waals surface area contributed by atoms with Gasteiger partial charge in [-0.3, -0.25) is 0 Å². The quantitative estimate of drug-likeness (QED) is 0.406. The van der Waals surface area contributed by atoms with E-state index in [-0.39, 0.29) is 11.5 Å². The second kappa shape index (κ2) is 3.25. The summed E-state index contributed by atoms with van der Waals surface area (Å²) >= 11 is 0. The third-order valence-corrected chi connectivity index (χ3v) is 2.83. The van der Waals surface area contributed by atoms with Crippen LogP contribution in [0.4, 0.5) is 5.69 Å². The highest BCUT2D eigenvalue weighted by atomic mass is 16.3. The zero-order valence-corrected chi connectivity index (χ0v) is 8.88. The second-order valence-electron chi connectivity index (χ2n) is 3.87. The number of fused-ring (bicyclic) bond motifs is 2. The van der Waals surface area contributed by atoms with Crippen molar-refractivity contribution in [2.75, 3.05) is 5.73 Å². The van der Waals surface area contributed by atoms with E-state index in [2.05, 4.69) is 4.98 Å². The Morgan fingerprint density at radius 2 is 1.65 bits per heavy atom. The fourth-order valence-electron chi connectivity index (χ4n) is 2.00. The van der Waals surface area contributed by atoms with Gasteiger partial charge in [0.15, 0.2) is 0 Å². The Balaban J connectivity index is 2.64. The summed E-state index contributed by atoms with van der Waals surface area (Å²) in [5.41, 5.74) is 7.46. The molecule has 84 valence electrons. The van der Waals surface area contributed by atoms with Crippen molar-refractivity contribution in [2.45, 2.75) is 0 Å². The molecule has 17 heavy (non-hydrogen) atoms. The molecule has 4 N–H and O–H groups in total. The molecule has 0 amide bonds. The monoisotopic (exact) mass is 226 g/mol. The van der Waals surface area contributed by atoms with Gasteiger partial charge in [-0.05, 0) is 18.2 Å². The highest BCUT2D eigenvalue weighted by Gasteiger charge is 2.12. The molecule has 0 aliphatic carbocycles. The molecule has 3 aromatic rings. The lowest BCUT2D eigenvalue weighted by molar-refractivity contribution is 0.469. The number of hydrogen-bond donors (Lipinski definition) is 3. The van der Waals surface area contributed by atoms with Crippen LogP contribution in [0.2, 0.25) is 0 Å². The zero-order chi connectivity index (χ0) is 12.0. The van der Waals surface area contributed by atoms with Gasteiger partial charge in [0.1, 0.15) is 17.0 Å². The molecular weight excluding hydrogens is 216 g/mol. The lowest BCUT2D eigenvalue weighted by atomic mass is 10.1. The van der Waals surface area contributed by atoms with Crippen molar-refractivity contribution in [1.82, 2.24) is 4.98 Å². The van der Waals surface area contributed by atoms with Gasteiger partial charge in [-0.2, -0.15) is 0 Å². The van der Waals surface area contributed by atoms with E-state index in [0.717, 1.165) is 5.39 Å². The number of rotatable bonds is 0. The first kappa shape index (κ1) is 9.72. The van der Waals surface area contributed by atoms with E-state index < -0.39 is 0 Å². The van der Waals surface area contributed by atoms with Crippen LogP contribution in [-0.4, -0.2) is 15.2 Å². The van der Waals surface area contributed by atoms with Crippen molar-refractivity contribution in [3.63, 3.8) is 0 Å². The molecule has 0 aliphatic rings. The van der Waals surface area contributed by atoms with Gasteiger partial charge in [0, 0.05) is 5.39 Å². The SMILES string of the molecule is Nc1c2ccccc2nc2c(O)ccc(O)c12. The van der Waals surface area contributed by atoms with Crippen molar-refractivity contribution in [3.05, 3.63) is 36.4 Å². The molecule has 0 saturated carbocycles. The average molecular weight is 226 g/mol. The van der Waals surface area contributed by atoms with Crippen molar-refractivity contribution < 1.29 is 10.2 Å². The maximum Gasteiger partial charge on any atom is 0.142 e. The van der Waals surface area contributed by atoms with Crippen molar-refractivity contribution in [3.8, 4) is 11.5 Å². The molecule has 3 rings (SSSR count). The third kappa shape index (κ3) is 1.27. The van der Waals surface area contributed by atoms with Crippen LogP contribution in [0.3, 0.4) is 0 Å². The van der Waals surface area contributed by atoms with E-state index in [1.54, 1.807) is 0 Å². The van der Waals surface area contributed by atoms with Gasteiger partial charge in [0.25, 0.3) is 0 Å². The topological polar surface area (TPSA) is 79.4 Å². The molecule has 0 fully saturated rings. The standard InChI is InChI=1S/C13H10N2O2/c14-12-7-3-1-2-4-8(7)15-13-10(17)6-5-9(16)11(12)13/h1-6,16-17H,(H2,14,15). The predicted octanol–water partition coefficient (Wildman–Crippen LogP) is 2.38. The van der Waals surface area contributed by atoms with Gasteiger partial charge in [-0.1, -0.05) is 18.2 Å². The fraction of sp³-hybridized carbons (Fsp3) is 0.